The number of hydrogen-bond donors (Lipinski definition) is 3. The van der Waals surface area contributed by atoms with E-state index < -0.39 is 10.0 Å². The lowest BCUT2D eigenvalue weighted by Gasteiger charge is -2.34. The van der Waals surface area contributed by atoms with Gasteiger partial charge in [-0.15, -0.1) is 0 Å². The number of aryl methyl sites for hydroxylation is 1. The Morgan fingerprint density at radius 2 is 1.69 bits per heavy atom. The molecule has 1 aromatic heterocycles. The van der Waals surface area contributed by atoms with Crippen LogP contribution in [0.2, 0.25) is 5.02 Å². The molecule has 5 rings (SSSR count). The fourth-order valence-electron chi connectivity index (χ4n) is 4.03. The van der Waals surface area contributed by atoms with E-state index in [0.29, 0.717) is 41.0 Å². The summed E-state index contributed by atoms with van der Waals surface area (Å²) in [6.07, 6.45) is 3.07. The van der Waals surface area contributed by atoms with Crippen molar-refractivity contribution in [3.8, 4) is 0 Å². The number of halogens is 1. The van der Waals surface area contributed by atoms with Crippen LogP contribution in [-0.4, -0.2) is 61.8 Å². The Morgan fingerprint density at radius 3 is 2.39 bits per heavy atom. The Bertz CT molecular complexity index is 1340. The lowest BCUT2D eigenvalue weighted by molar-refractivity contribution is 0.313. The normalized spacial score (nSPS) is 16.6. The summed E-state index contributed by atoms with van der Waals surface area (Å²) in [4.78, 5) is 13.8. The first kappa shape index (κ1) is 24.6. The van der Waals surface area contributed by atoms with Crippen molar-refractivity contribution < 1.29 is 8.42 Å². The zero-order valence-electron chi connectivity index (χ0n) is 20.3. The van der Waals surface area contributed by atoms with Crippen LogP contribution in [-0.2, 0) is 10.0 Å². The summed E-state index contributed by atoms with van der Waals surface area (Å²) in [6, 6.07) is 13.3. The number of sulfonamides is 1. The van der Waals surface area contributed by atoms with Gasteiger partial charge in [0, 0.05) is 54.3 Å². The molecule has 11 heteroatoms. The van der Waals surface area contributed by atoms with Crippen LogP contribution in [0.5, 0.6) is 0 Å². The quantitative estimate of drug-likeness (QED) is 0.391. The fourth-order valence-corrected chi connectivity index (χ4v) is 5.60. The Morgan fingerprint density at radius 1 is 0.972 bits per heavy atom. The fraction of sp³-hybridized carbons (Fsp3) is 0.360. The highest BCUT2D eigenvalue weighted by Gasteiger charge is 2.36. The Hall–Kier alpha value is -3.08. The van der Waals surface area contributed by atoms with Gasteiger partial charge in [-0.3, -0.25) is 4.72 Å². The second kappa shape index (κ2) is 10.1. The highest BCUT2D eigenvalue weighted by Crippen LogP contribution is 2.34. The zero-order valence-corrected chi connectivity index (χ0v) is 21.9. The maximum absolute atomic E-state index is 12.5. The van der Waals surface area contributed by atoms with Crippen LogP contribution in [0.3, 0.4) is 0 Å². The SMILES string of the molecule is Cc1cnc(Nc2ccc(N3CCN(C)CC3)cc2)nc1Nc1ccc(Cl)cc1NS(=O)(=O)C1CC1. The third-order valence-corrected chi connectivity index (χ3v) is 8.50. The van der Waals surface area contributed by atoms with Crippen LogP contribution in [0.4, 0.5) is 34.5 Å². The van der Waals surface area contributed by atoms with Gasteiger partial charge in [0.05, 0.1) is 16.6 Å². The maximum atomic E-state index is 12.5. The number of benzene rings is 2. The van der Waals surface area contributed by atoms with E-state index in [2.05, 4.69) is 54.3 Å². The van der Waals surface area contributed by atoms with E-state index in [4.69, 9.17) is 11.6 Å². The largest absolute Gasteiger partial charge is 0.369 e. The molecule has 2 aromatic carbocycles. The molecule has 0 bridgehead atoms. The lowest BCUT2D eigenvalue weighted by Crippen LogP contribution is -2.44. The van der Waals surface area contributed by atoms with E-state index in [-0.39, 0.29) is 5.25 Å². The van der Waals surface area contributed by atoms with Crippen molar-refractivity contribution in [1.29, 1.82) is 0 Å². The van der Waals surface area contributed by atoms with Crippen molar-refractivity contribution >= 4 is 56.1 Å². The molecule has 36 heavy (non-hydrogen) atoms. The summed E-state index contributed by atoms with van der Waals surface area (Å²) in [6.45, 7) is 6.04. The van der Waals surface area contributed by atoms with Crippen molar-refractivity contribution in [3.63, 3.8) is 0 Å². The maximum Gasteiger partial charge on any atom is 0.235 e. The van der Waals surface area contributed by atoms with Crippen LogP contribution >= 0.6 is 11.6 Å². The van der Waals surface area contributed by atoms with Gasteiger partial charge in [-0.2, -0.15) is 4.98 Å². The minimum atomic E-state index is -3.44. The van der Waals surface area contributed by atoms with Gasteiger partial charge in [-0.05, 0) is 69.3 Å². The van der Waals surface area contributed by atoms with Gasteiger partial charge in [-0.25, -0.2) is 13.4 Å². The van der Waals surface area contributed by atoms with Gasteiger partial charge in [0.2, 0.25) is 16.0 Å². The molecular weight excluding hydrogens is 498 g/mol. The molecule has 0 radical (unpaired) electrons. The van der Waals surface area contributed by atoms with Crippen molar-refractivity contribution in [1.82, 2.24) is 14.9 Å². The van der Waals surface area contributed by atoms with Crippen molar-refractivity contribution in [2.24, 2.45) is 0 Å². The molecule has 190 valence electrons. The molecule has 2 heterocycles. The van der Waals surface area contributed by atoms with Crippen molar-refractivity contribution in [2.45, 2.75) is 25.0 Å². The molecule has 1 aliphatic carbocycles. The minimum Gasteiger partial charge on any atom is -0.369 e. The van der Waals surface area contributed by atoms with Gasteiger partial charge in [0.15, 0.2) is 0 Å². The van der Waals surface area contributed by atoms with E-state index in [0.717, 1.165) is 37.4 Å². The number of piperazine rings is 1. The number of likely N-dealkylation sites (N-methyl/N-ethyl adjacent to an activating group) is 1. The molecule has 0 spiro atoms. The summed E-state index contributed by atoms with van der Waals surface area (Å²) in [5, 5.41) is 6.60. The highest BCUT2D eigenvalue weighted by atomic mass is 35.5. The van der Waals surface area contributed by atoms with Crippen LogP contribution in [0.1, 0.15) is 18.4 Å². The van der Waals surface area contributed by atoms with Gasteiger partial charge >= 0.3 is 0 Å². The summed E-state index contributed by atoms with van der Waals surface area (Å²) in [5.74, 6) is 1.00. The predicted octanol–water partition coefficient (Wildman–Crippen LogP) is 4.58. The number of nitrogens with zero attached hydrogens (tertiary/aromatic N) is 4. The third kappa shape index (κ3) is 5.83. The molecule has 0 amide bonds. The van der Waals surface area contributed by atoms with Gasteiger partial charge in [0.25, 0.3) is 0 Å². The zero-order chi connectivity index (χ0) is 25.3. The molecule has 1 saturated heterocycles. The monoisotopic (exact) mass is 527 g/mol. The first-order chi connectivity index (χ1) is 17.3. The molecule has 3 N–H and O–H groups in total. The molecule has 3 aromatic rings. The van der Waals surface area contributed by atoms with Crippen LogP contribution in [0, 0.1) is 6.92 Å². The van der Waals surface area contributed by atoms with Gasteiger partial charge in [-0.1, -0.05) is 11.6 Å². The molecule has 2 aliphatic rings. The Labute approximate surface area is 216 Å². The molecule has 1 aliphatic heterocycles. The number of rotatable bonds is 8. The average molecular weight is 528 g/mol. The van der Waals surface area contributed by atoms with E-state index in [9.17, 15) is 8.42 Å². The van der Waals surface area contributed by atoms with E-state index in [1.54, 1.807) is 24.4 Å². The molecule has 9 nitrogen and oxygen atoms in total. The second-order valence-corrected chi connectivity index (χ2v) is 11.7. The number of nitrogens with one attached hydrogen (secondary N) is 3. The lowest BCUT2D eigenvalue weighted by atomic mass is 10.2. The molecule has 2 fully saturated rings. The molecular formula is C25H30ClN7O2S. The van der Waals surface area contributed by atoms with E-state index in [1.807, 2.05) is 19.1 Å². The number of anilines is 6. The molecule has 0 atom stereocenters. The summed E-state index contributed by atoms with van der Waals surface area (Å²) in [7, 11) is -1.30. The smallest absolute Gasteiger partial charge is 0.235 e. The minimum absolute atomic E-state index is 0.344. The van der Waals surface area contributed by atoms with E-state index in [1.165, 1.54) is 5.69 Å². The highest BCUT2D eigenvalue weighted by molar-refractivity contribution is 7.93. The summed E-state index contributed by atoms with van der Waals surface area (Å²) in [5.41, 5.74) is 3.85. The average Bonchev–Trinajstić information content (AvgIpc) is 3.70. The third-order valence-electron chi connectivity index (χ3n) is 6.41. The summed E-state index contributed by atoms with van der Waals surface area (Å²) >= 11 is 6.15. The van der Waals surface area contributed by atoms with Crippen LogP contribution in [0.25, 0.3) is 0 Å². The standard InChI is InChI=1S/C25H30ClN7O2S/c1-17-16-27-25(28-19-4-6-20(7-5-19)33-13-11-32(2)12-14-33)30-24(17)29-22-10-3-18(26)15-23(22)31-36(34,35)21-8-9-21/h3-7,10,15-16,21,31H,8-9,11-14H2,1-2H3,(H2,27,28,29,30). The van der Waals surface area contributed by atoms with Gasteiger partial charge < -0.3 is 20.4 Å². The Kier molecular flexibility index (Phi) is 6.92. The van der Waals surface area contributed by atoms with Crippen molar-refractivity contribution in [3.05, 3.63) is 59.2 Å². The number of aromatic nitrogens is 2. The predicted molar refractivity (Wildman–Crippen MR) is 147 cm³/mol. The van der Waals surface area contributed by atoms with E-state index >= 15 is 0 Å². The topological polar surface area (TPSA) is 102 Å². The van der Waals surface area contributed by atoms with Crippen LogP contribution in [0.15, 0.2) is 48.7 Å². The summed E-state index contributed by atoms with van der Waals surface area (Å²) < 4.78 is 27.7. The molecule has 1 saturated carbocycles. The second-order valence-electron chi connectivity index (χ2n) is 9.35. The van der Waals surface area contributed by atoms with Gasteiger partial charge in [0.1, 0.15) is 5.82 Å². The van der Waals surface area contributed by atoms with Crippen LogP contribution < -0.4 is 20.3 Å². The first-order valence-corrected chi connectivity index (χ1v) is 13.9. The first-order valence-electron chi connectivity index (χ1n) is 12.0. The molecule has 0 unspecified atom stereocenters. The van der Waals surface area contributed by atoms with Crippen molar-refractivity contribution in [2.75, 3.05) is 53.5 Å². The number of hydrogen-bond acceptors (Lipinski definition) is 8. The Balaban J connectivity index is 1.31.